The lowest BCUT2D eigenvalue weighted by atomic mass is 9.84. The first-order chi connectivity index (χ1) is 14.6. The molecule has 1 aliphatic carbocycles. The fourth-order valence-electron chi connectivity index (χ4n) is 5.38. The van der Waals surface area contributed by atoms with E-state index in [1.165, 1.54) is 25.7 Å². The zero-order valence-electron chi connectivity index (χ0n) is 17.0. The lowest BCUT2D eigenvalue weighted by molar-refractivity contribution is 0.0695. The summed E-state index contributed by atoms with van der Waals surface area (Å²) in [5.41, 5.74) is 1.38. The Morgan fingerprint density at radius 3 is 2.03 bits per heavy atom. The molecule has 5 nitrogen and oxygen atoms in total. The molecule has 3 heterocycles. The second-order valence-corrected chi connectivity index (χ2v) is 8.73. The third kappa shape index (κ3) is 3.33. The number of pyridine rings is 1. The minimum Gasteiger partial charge on any atom is -0.478 e. The van der Waals surface area contributed by atoms with Crippen molar-refractivity contribution in [2.75, 3.05) is 13.1 Å². The maximum Gasteiger partial charge on any atom is 0.338 e. The van der Waals surface area contributed by atoms with Gasteiger partial charge in [0.25, 0.3) is 5.56 Å². The number of nitrogens with zero attached hydrogens (tertiary/aromatic N) is 2. The van der Waals surface area contributed by atoms with Gasteiger partial charge >= 0.3 is 5.97 Å². The van der Waals surface area contributed by atoms with Crippen LogP contribution < -0.4 is 5.56 Å². The molecule has 0 radical (unpaired) electrons. The molecule has 3 aromatic rings. The molecule has 3 fully saturated rings. The number of hydrogen-bond donors (Lipinski definition) is 1. The summed E-state index contributed by atoms with van der Waals surface area (Å²) < 4.78 is 1.62. The van der Waals surface area contributed by atoms with Gasteiger partial charge in [0.15, 0.2) is 0 Å². The van der Waals surface area contributed by atoms with Crippen LogP contribution in [0, 0.1) is 11.8 Å². The van der Waals surface area contributed by atoms with Gasteiger partial charge < -0.3 is 5.11 Å². The van der Waals surface area contributed by atoms with E-state index in [1.807, 2.05) is 30.3 Å². The van der Waals surface area contributed by atoms with Crippen LogP contribution >= 0.6 is 0 Å². The number of carboxylic acid groups (broad SMARTS) is 1. The Bertz CT molecular complexity index is 1130. The van der Waals surface area contributed by atoms with Gasteiger partial charge in [-0.1, -0.05) is 36.4 Å². The lowest BCUT2D eigenvalue weighted by Gasteiger charge is -2.26. The average Bonchev–Trinajstić information content (AvgIpc) is 3.07. The molecule has 0 atom stereocenters. The molecule has 1 aromatic heterocycles. The van der Waals surface area contributed by atoms with Gasteiger partial charge in [-0.05, 0) is 55.7 Å². The molecule has 2 aliphatic heterocycles. The Morgan fingerprint density at radius 2 is 1.43 bits per heavy atom. The molecule has 6 rings (SSSR count). The summed E-state index contributed by atoms with van der Waals surface area (Å²) in [5, 5.41) is 11.2. The van der Waals surface area contributed by atoms with Gasteiger partial charge in [0.05, 0.1) is 11.3 Å². The van der Waals surface area contributed by atoms with E-state index in [0.29, 0.717) is 40.5 Å². The quantitative estimate of drug-likeness (QED) is 0.706. The molecule has 3 aliphatic rings. The zero-order valence-corrected chi connectivity index (χ0v) is 17.0. The number of aromatic carboxylic acids is 1. The highest BCUT2D eigenvalue weighted by atomic mass is 16.4. The Kier molecular flexibility index (Phi) is 4.91. The number of para-hydroxylation sites is 1. The van der Waals surface area contributed by atoms with Crippen molar-refractivity contribution in [2.45, 2.75) is 32.2 Å². The van der Waals surface area contributed by atoms with E-state index in [9.17, 15) is 14.7 Å². The molecular formula is C25H26N2O3. The maximum absolute atomic E-state index is 13.5. The fourth-order valence-corrected chi connectivity index (χ4v) is 5.38. The van der Waals surface area contributed by atoms with Crippen LogP contribution in [0.1, 0.15) is 41.7 Å². The van der Waals surface area contributed by atoms with E-state index >= 15 is 0 Å². The molecule has 30 heavy (non-hydrogen) atoms. The summed E-state index contributed by atoms with van der Waals surface area (Å²) in [6.45, 7) is 2.43. The summed E-state index contributed by atoms with van der Waals surface area (Å²) in [5.74, 6) is 0.368. The highest BCUT2D eigenvalue weighted by Gasteiger charge is 2.31. The van der Waals surface area contributed by atoms with Crippen molar-refractivity contribution in [3.8, 4) is 5.69 Å². The summed E-state index contributed by atoms with van der Waals surface area (Å²) >= 11 is 0. The van der Waals surface area contributed by atoms with Gasteiger partial charge in [-0.25, -0.2) is 4.79 Å². The topological polar surface area (TPSA) is 62.5 Å². The van der Waals surface area contributed by atoms with Crippen LogP contribution in [-0.2, 0) is 6.54 Å². The number of carboxylic acids is 1. The van der Waals surface area contributed by atoms with Crippen molar-refractivity contribution in [3.63, 3.8) is 0 Å². The Hall–Kier alpha value is -2.92. The third-order valence-corrected chi connectivity index (χ3v) is 6.79. The van der Waals surface area contributed by atoms with Gasteiger partial charge in [-0.2, -0.15) is 0 Å². The summed E-state index contributed by atoms with van der Waals surface area (Å²) in [6, 6.07) is 16.5. The van der Waals surface area contributed by atoms with Crippen LogP contribution in [0.25, 0.3) is 16.5 Å². The minimum absolute atomic E-state index is 0.158. The summed E-state index contributed by atoms with van der Waals surface area (Å²) in [6.07, 6.45) is 5.04. The van der Waals surface area contributed by atoms with Gasteiger partial charge in [-0.3, -0.25) is 14.3 Å². The van der Waals surface area contributed by atoms with E-state index in [2.05, 4.69) is 4.90 Å². The second-order valence-electron chi connectivity index (χ2n) is 8.73. The molecule has 0 unspecified atom stereocenters. The number of carbonyl (C=O) groups is 1. The molecule has 1 N–H and O–H groups in total. The Labute approximate surface area is 175 Å². The first-order valence-electron chi connectivity index (χ1n) is 10.8. The number of hydrogen-bond acceptors (Lipinski definition) is 3. The highest BCUT2D eigenvalue weighted by Crippen LogP contribution is 2.35. The van der Waals surface area contributed by atoms with Crippen molar-refractivity contribution in [1.29, 1.82) is 0 Å². The normalized spacial score (nSPS) is 21.6. The van der Waals surface area contributed by atoms with Crippen molar-refractivity contribution in [1.82, 2.24) is 9.47 Å². The minimum atomic E-state index is -0.983. The first-order valence-corrected chi connectivity index (χ1v) is 10.8. The average molecular weight is 402 g/mol. The molecular weight excluding hydrogens is 376 g/mol. The fraction of sp³-hybridized carbons (Fsp3) is 0.360. The summed E-state index contributed by atoms with van der Waals surface area (Å²) in [4.78, 5) is 28.4. The summed E-state index contributed by atoms with van der Waals surface area (Å²) in [7, 11) is 0. The van der Waals surface area contributed by atoms with Gasteiger partial charge in [0.1, 0.15) is 0 Å². The largest absolute Gasteiger partial charge is 0.478 e. The molecule has 0 spiro atoms. The van der Waals surface area contributed by atoms with E-state index in [1.54, 1.807) is 28.8 Å². The number of fused-ring (bicyclic) bond motifs is 5. The van der Waals surface area contributed by atoms with Crippen LogP contribution in [-0.4, -0.2) is 33.6 Å². The van der Waals surface area contributed by atoms with Crippen molar-refractivity contribution in [2.24, 2.45) is 11.8 Å². The van der Waals surface area contributed by atoms with E-state index in [0.717, 1.165) is 13.1 Å². The smallest absolute Gasteiger partial charge is 0.338 e. The third-order valence-electron chi connectivity index (χ3n) is 6.79. The molecule has 1 saturated carbocycles. The monoisotopic (exact) mass is 402 g/mol. The van der Waals surface area contributed by atoms with Crippen molar-refractivity contribution in [3.05, 3.63) is 76.2 Å². The SMILES string of the molecule is O=C(O)c1c(CN2CC3CCC(CC3)C2)n(-c2ccccc2)c(=O)c2ccccc12. The van der Waals surface area contributed by atoms with Crippen molar-refractivity contribution >= 4 is 16.7 Å². The maximum atomic E-state index is 13.5. The lowest BCUT2D eigenvalue weighted by Crippen LogP contribution is -2.33. The molecule has 2 saturated heterocycles. The molecule has 2 bridgehead atoms. The van der Waals surface area contributed by atoms with E-state index in [4.69, 9.17) is 0 Å². The van der Waals surface area contributed by atoms with Crippen LogP contribution in [0.15, 0.2) is 59.4 Å². The standard InChI is InChI=1S/C25H26N2O3/c28-24-21-9-5-4-8-20(21)23(25(29)30)22(27(24)19-6-2-1-3-7-19)16-26-14-17-10-11-18(15-26)13-12-17/h1-9,17-18H,10-16H2,(H,29,30). The molecule has 154 valence electrons. The Balaban J connectivity index is 1.73. The van der Waals surface area contributed by atoms with Crippen LogP contribution in [0.3, 0.4) is 0 Å². The van der Waals surface area contributed by atoms with Crippen LogP contribution in [0.4, 0.5) is 0 Å². The molecule has 2 aromatic carbocycles. The van der Waals surface area contributed by atoms with Crippen LogP contribution in [0.2, 0.25) is 0 Å². The molecule has 0 amide bonds. The zero-order chi connectivity index (χ0) is 20.7. The first kappa shape index (κ1) is 19.1. The van der Waals surface area contributed by atoms with Crippen molar-refractivity contribution < 1.29 is 9.90 Å². The second kappa shape index (κ2) is 7.73. The van der Waals surface area contributed by atoms with Gasteiger partial charge in [0, 0.05) is 36.1 Å². The van der Waals surface area contributed by atoms with E-state index in [-0.39, 0.29) is 11.1 Å². The van der Waals surface area contributed by atoms with Crippen LogP contribution in [0.5, 0.6) is 0 Å². The predicted molar refractivity (Wildman–Crippen MR) is 117 cm³/mol. The van der Waals surface area contributed by atoms with Gasteiger partial charge in [0.2, 0.25) is 0 Å². The number of rotatable bonds is 4. The highest BCUT2D eigenvalue weighted by molar-refractivity contribution is 6.04. The predicted octanol–water partition coefficient (Wildman–Crippen LogP) is 4.31. The van der Waals surface area contributed by atoms with Gasteiger partial charge in [-0.15, -0.1) is 0 Å². The van der Waals surface area contributed by atoms with E-state index < -0.39 is 5.97 Å². The number of benzene rings is 2. The molecule has 5 heteroatoms. The number of aromatic nitrogens is 1. The Morgan fingerprint density at radius 1 is 0.867 bits per heavy atom.